The van der Waals surface area contributed by atoms with Gasteiger partial charge in [-0.15, -0.1) is 11.6 Å². The van der Waals surface area contributed by atoms with E-state index < -0.39 is 0 Å². The Morgan fingerprint density at radius 3 is 2.59 bits per heavy atom. The van der Waals surface area contributed by atoms with E-state index in [0.717, 1.165) is 11.3 Å². The third-order valence-electron chi connectivity index (χ3n) is 2.45. The summed E-state index contributed by atoms with van der Waals surface area (Å²) in [6.45, 7) is 4.56. The van der Waals surface area contributed by atoms with Crippen molar-refractivity contribution in [2.24, 2.45) is 0 Å². The number of halogens is 1. The highest BCUT2D eigenvalue weighted by Crippen LogP contribution is 2.28. The molecule has 1 aromatic carbocycles. The van der Waals surface area contributed by atoms with Crippen LogP contribution in [0.5, 0.6) is 5.75 Å². The Morgan fingerprint density at radius 1 is 1.35 bits per heavy atom. The van der Waals surface area contributed by atoms with E-state index in [1.165, 1.54) is 0 Å². The highest BCUT2D eigenvalue weighted by molar-refractivity contribution is 6.18. The van der Waals surface area contributed by atoms with Crippen molar-refractivity contribution in [1.29, 1.82) is 0 Å². The van der Waals surface area contributed by atoms with Gasteiger partial charge in [0.1, 0.15) is 5.75 Å². The van der Waals surface area contributed by atoms with Gasteiger partial charge in [0, 0.05) is 5.56 Å². The van der Waals surface area contributed by atoms with Crippen LogP contribution < -0.4 is 4.74 Å². The molecule has 1 aromatic rings. The second-order valence-electron chi connectivity index (χ2n) is 4.31. The molecule has 0 saturated carbocycles. The van der Waals surface area contributed by atoms with Crippen LogP contribution in [-0.2, 0) is 9.47 Å². The summed E-state index contributed by atoms with van der Waals surface area (Å²) in [5.41, 5.74) is 0.994. The zero-order valence-electron chi connectivity index (χ0n) is 10.1. The minimum absolute atomic E-state index is 0.00624. The number of benzene rings is 1. The second kappa shape index (κ2) is 5.71. The summed E-state index contributed by atoms with van der Waals surface area (Å²) in [6.07, 6.45) is -0.124. The monoisotopic (exact) mass is 256 g/mol. The molecule has 0 spiro atoms. The van der Waals surface area contributed by atoms with Gasteiger partial charge in [-0.05, 0) is 26.0 Å². The lowest BCUT2D eigenvalue weighted by molar-refractivity contribution is -0.0567. The van der Waals surface area contributed by atoms with E-state index >= 15 is 0 Å². The van der Waals surface area contributed by atoms with Gasteiger partial charge in [-0.25, -0.2) is 0 Å². The van der Waals surface area contributed by atoms with Crippen LogP contribution in [0.1, 0.15) is 25.7 Å². The van der Waals surface area contributed by atoms with E-state index in [1.807, 2.05) is 38.1 Å². The maximum atomic E-state index is 5.72. The summed E-state index contributed by atoms with van der Waals surface area (Å²) in [4.78, 5) is 0. The molecule has 2 atom stereocenters. The van der Waals surface area contributed by atoms with Gasteiger partial charge in [-0.1, -0.05) is 12.1 Å². The van der Waals surface area contributed by atoms with Crippen molar-refractivity contribution in [3.05, 3.63) is 29.8 Å². The van der Waals surface area contributed by atoms with Crippen LogP contribution in [0.3, 0.4) is 0 Å². The van der Waals surface area contributed by atoms with Gasteiger partial charge >= 0.3 is 0 Å². The summed E-state index contributed by atoms with van der Waals surface area (Å²) in [5, 5.41) is 0. The van der Waals surface area contributed by atoms with Crippen LogP contribution in [0, 0.1) is 0 Å². The minimum Gasteiger partial charge on any atom is -0.491 e. The topological polar surface area (TPSA) is 27.7 Å². The van der Waals surface area contributed by atoms with Crippen LogP contribution in [-0.4, -0.2) is 24.7 Å². The number of hydrogen-bond acceptors (Lipinski definition) is 3. The maximum absolute atomic E-state index is 5.72. The molecule has 0 radical (unpaired) electrons. The van der Waals surface area contributed by atoms with Crippen molar-refractivity contribution in [3.63, 3.8) is 0 Å². The van der Waals surface area contributed by atoms with Crippen molar-refractivity contribution in [1.82, 2.24) is 0 Å². The summed E-state index contributed by atoms with van der Waals surface area (Å²) in [7, 11) is 0. The third-order valence-corrected chi connectivity index (χ3v) is 2.79. The van der Waals surface area contributed by atoms with Gasteiger partial charge in [0.2, 0.25) is 0 Å². The Labute approximate surface area is 107 Å². The Balaban J connectivity index is 1.98. The zero-order valence-corrected chi connectivity index (χ0v) is 10.8. The van der Waals surface area contributed by atoms with E-state index in [0.29, 0.717) is 12.5 Å². The smallest absolute Gasteiger partial charge is 0.184 e. The summed E-state index contributed by atoms with van der Waals surface area (Å²) in [5.74, 6) is 1.32. The first-order valence-corrected chi connectivity index (χ1v) is 6.32. The fourth-order valence-corrected chi connectivity index (χ4v) is 1.84. The molecule has 0 aliphatic carbocycles. The summed E-state index contributed by atoms with van der Waals surface area (Å²) < 4.78 is 16.7. The number of ether oxygens (including phenoxy) is 3. The molecule has 0 aromatic heterocycles. The standard InChI is InChI=1S/C13H17ClO3/c1-9(2)16-11-5-3-10(4-6-11)13-15-8-12(7-14)17-13/h3-6,9,12-13H,7-8H2,1-2H3. The zero-order chi connectivity index (χ0) is 12.3. The van der Waals surface area contributed by atoms with Crippen molar-refractivity contribution in [3.8, 4) is 5.75 Å². The molecule has 17 heavy (non-hydrogen) atoms. The Morgan fingerprint density at radius 2 is 2.06 bits per heavy atom. The second-order valence-corrected chi connectivity index (χ2v) is 4.62. The first-order valence-electron chi connectivity index (χ1n) is 5.78. The average molecular weight is 257 g/mol. The Bertz CT molecular complexity index is 350. The van der Waals surface area contributed by atoms with Gasteiger partial charge in [0.05, 0.1) is 24.7 Å². The van der Waals surface area contributed by atoms with Crippen LogP contribution in [0.4, 0.5) is 0 Å². The van der Waals surface area contributed by atoms with E-state index in [2.05, 4.69) is 0 Å². The molecule has 1 heterocycles. The molecule has 94 valence electrons. The van der Waals surface area contributed by atoms with E-state index in [9.17, 15) is 0 Å². The molecule has 1 saturated heterocycles. The highest BCUT2D eigenvalue weighted by Gasteiger charge is 2.26. The molecule has 1 aliphatic heterocycles. The molecule has 0 bridgehead atoms. The first-order chi connectivity index (χ1) is 8.19. The van der Waals surface area contributed by atoms with Crippen molar-refractivity contribution < 1.29 is 14.2 Å². The average Bonchev–Trinajstić information content (AvgIpc) is 2.78. The minimum atomic E-state index is -0.299. The third kappa shape index (κ3) is 3.35. The molecule has 2 rings (SSSR count). The number of hydrogen-bond donors (Lipinski definition) is 0. The van der Waals surface area contributed by atoms with Crippen LogP contribution in [0.15, 0.2) is 24.3 Å². The van der Waals surface area contributed by atoms with Gasteiger partial charge in [0.25, 0.3) is 0 Å². The van der Waals surface area contributed by atoms with Crippen LogP contribution in [0.2, 0.25) is 0 Å². The molecule has 2 unspecified atom stereocenters. The molecule has 1 aliphatic rings. The van der Waals surface area contributed by atoms with Gasteiger partial charge < -0.3 is 14.2 Å². The van der Waals surface area contributed by atoms with Gasteiger partial charge in [-0.2, -0.15) is 0 Å². The predicted octanol–water partition coefficient (Wildman–Crippen LogP) is 3.13. The normalized spacial score (nSPS) is 24.2. The molecule has 0 amide bonds. The fraction of sp³-hybridized carbons (Fsp3) is 0.538. The van der Waals surface area contributed by atoms with E-state index in [1.54, 1.807) is 0 Å². The highest BCUT2D eigenvalue weighted by atomic mass is 35.5. The fourth-order valence-electron chi connectivity index (χ4n) is 1.68. The molecular weight excluding hydrogens is 240 g/mol. The van der Waals surface area contributed by atoms with Crippen LogP contribution >= 0.6 is 11.6 Å². The lowest BCUT2D eigenvalue weighted by Gasteiger charge is -2.13. The first kappa shape index (κ1) is 12.7. The van der Waals surface area contributed by atoms with E-state index in [4.69, 9.17) is 25.8 Å². The van der Waals surface area contributed by atoms with Crippen molar-refractivity contribution in [2.75, 3.05) is 12.5 Å². The number of alkyl halides is 1. The SMILES string of the molecule is CC(C)Oc1ccc(C2OCC(CCl)O2)cc1. The predicted molar refractivity (Wildman–Crippen MR) is 66.5 cm³/mol. The quantitative estimate of drug-likeness (QED) is 0.775. The van der Waals surface area contributed by atoms with Crippen molar-refractivity contribution >= 4 is 11.6 Å². The lowest BCUT2D eigenvalue weighted by Crippen LogP contribution is -2.10. The van der Waals surface area contributed by atoms with E-state index in [-0.39, 0.29) is 18.5 Å². The maximum Gasteiger partial charge on any atom is 0.184 e. The summed E-state index contributed by atoms with van der Waals surface area (Å²) in [6, 6.07) is 7.77. The van der Waals surface area contributed by atoms with Gasteiger partial charge in [-0.3, -0.25) is 0 Å². The Kier molecular flexibility index (Phi) is 4.26. The summed E-state index contributed by atoms with van der Waals surface area (Å²) >= 11 is 5.72. The van der Waals surface area contributed by atoms with Gasteiger partial charge in [0.15, 0.2) is 6.29 Å². The molecule has 3 nitrogen and oxygen atoms in total. The largest absolute Gasteiger partial charge is 0.491 e. The molecule has 4 heteroatoms. The molecular formula is C13H17ClO3. The molecule has 1 fully saturated rings. The lowest BCUT2D eigenvalue weighted by atomic mass is 10.2. The van der Waals surface area contributed by atoms with Crippen LogP contribution in [0.25, 0.3) is 0 Å². The molecule has 0 N–H and O–H groups in total. The number of rotatable bonds is 4. The van der Waals surface area contributed by atoms with Crippen molar-refractivity contribution in [2.45, 2.75) is 32.3 Å². The Hall–Kier alpha value is -0.770.